The van der Waals surface area contributed by atoms with Gasteiger partial charge in [-0.25, -0.2) is 9.37 Å². The molecule has 0 radical (unpaired) electrons. The van der Waals surface area contributed by atoms with Gasteiger partial charge in [-0.05, 0) is 31.0 Å². The number of aromatic amines is 1. The molecule has 7 nitrogen and oxygen atoms in total. The van der Waals surface area contributed by atoms with Gasteiger partial charge in [0, 0.05) is 24.8 Å². The van der Waals surface area contributed by atoms with Gasteiger partial charge in [0.2, 0.25) is 11.8 Å². The zero-order chi connectivity index (χ0) is 21.2. The molecule has 29 heavy (non-hydrogen) atoms. The normalized spacial score (nSPS) is 10.6. The van der Waals surface area contributed by atoms with Crippen molar-refractivity contribution in [2.75, 3.05) is 18.8 Å². The highest BCUT2D eigenvalue weighted by Crippen LogP contribution is 2.13. The predicted octanol–water partition coefficient (Wildman–Crippen LogP) is 2.12. The average molecular weight is 421 g/mol. The first-order valence-electron chi connectivity index (χ1n) is 9.43. The van der Waals surface area contributed by atoms with Crippen LogP contribution >= 0.6 is 11.8 Å². The molecule has 0 aliphatic rings. The summed E-state index contributed by atoms with van der Waals surface area (Å²) in [5, 5.41) is 3.11. The molecule has 2 N–H and O–H groups in total. The average Bonchev–Trinajstić information content (AvgIpc) is 2.69. The van der Waals surface area contributed by atoms with E-state index in [1.165, 1.54) is 23.1 Å². The standard InChI is InChI=1S/C20H25FN4O3S/c1-3-5-16-10-17(26)24-20(23-16)29-13-19(28)25(4-2)12-18(27)22-11-14-6-8-15(21)9-7-14/h6-10H,3-5,11-13H2,1-2H3,(H,22,27)(H,23,24,26). The Morgan fingerprint density at radius 3 is 2.62 bits per heavy atom. The molecule has 0 aliphatic heterocycles. The number of halogens is 1. The maximum absolute atomic E-state index is 12.9. The van der Waals surface area contributed by atoms with Crippen molar-refractivity contribution in [2.45, 2.75) is 38.4 Å². The second kappa shape index (κ2) is 11.4. The van der Waals surface area contributed by atoms with E-state index in [0.29, 0.717) is 23.8 Å². The number of amides is 2. The summed E-state index contributed by atoms with van der Waals surface area (Å²) in [6.07, 6.45) is 1.57. The lowest BCUT2D eigenvalue weighted by Crippen LogP contribution is -2.41. The SMILES string of the molecule is CCCc1cc(=O)[nH]c(SCC(=O)N(CC)CC(=O)NCc2ccc(F)cc2)n1. The summed E-state index contributed by atoms with van der Waals surface area (Å²) in [5.74, 6) is -0.794. The molecule has 156 valence electrons. The van der Waals surface area contributed by atoms with E-state index in [4.69, 9.17) is 0 Å². The van der Waals surface area contributed by atoms with Crippen LogP contribution in [0.5, 0.6) is 0 Å². The number of aromatic nitrogens is 2. The van der Waals surface area contributed by atoms with Crippen molar-refractivity contribution < 1.29 is 14.0 Å². The lowest BCUT2D eigenvalue weighted by Gasteiger charge is -2.20. The monoisotopic (exact) mass is 420 g/mol. The molecule has 2 rings (SSSR count). The van der Waals surface area contributed by atoms with Gasteiger partial charge >= 0.3 is 0 Å². The van der Waals surface area contributed by atoms with Crippen LogP contribution in [0.2, 0.25) is 0 Å². The van der Waals surface area contributed by atoms with Crippen LogP contribution in [-0.4, -0.2) is 45.5 Å². The van der Waals surface area contributed by atoms with Crippen LogP contribution in [0, 0.1) is 5.82 Å². The minimum atomic E-state index is -0.337. The first-order valence-corrected chi connectivity index (χ1v) is 10.4. The lowest BCUT2D eigenvalue weighted by atomic mass is 10.2. The van der Waals surface area contributed by atoms with E-state index >= 15 is 0 Å². The summed E-state index contributed by atoms with van der Waals surface area (Å²) in [6.45, 7) is 4.35. The van der Waals surface area contributed by atoms with Crippen LogP contribution in [0.15, 0.2) is 40.3 Å². The number of likely N-dealkylation sites (N-methyl/N-ethyl adjacent to an activating group) is 1. The Hall–Kier alpha value is -2.68. The Kier molecular flexibility index (Phi) is 8.85. The third-order valence-corrected chi connectivity index (χ3v) is 4.94. The van der Waals surface area contributed by atoms with Gasteiger partial charge in [0.25, 0.3) is 5.56 Å². The molecular formula is C20H25FN4O3S. The zero-order valence-corrected chi connectivity index (χ0v) is 17.4. The van der Waals surface area contributed by atoms with Crippen LogP contribution in [0.25, 0.3) is 0 Å². The van der Waals surface area contributed by atoms with Crippen LogP contribution in [0.4, 0.5) is 4.39 Å². The highest BCUT2D eigenvalue weighted by atomic mass is 32.2. The van der Waals surface area contributed by atoms with E-state index in [1.807, 2.05) is 6.92 Å². The number of carbonyl (C=O) groups is 2. The summed E-state index contributed by atoms with van der Waals surface area (Å²) in [4.78, 5) is 44.7. The number of hydrogen-bond acceptors (Lipinski definition) is 5. The third kappa shape index (κ3) is 7.69. The Bertz CT molecular complexity index is 886. The number of aryl methyl sites for hydroxylation is 1. The van der Waals surface area contributed by atoms with E-state index in [-0.39, 0.29) is 42.0 Å². The first-order chi connectivity index (χ1) is 13.9. The summed E-state index contributed by atoms with van der Waals surface area (Å²) >= 11 is 1.14. The smallest absolute Gasteiger partial charge is 0.251 e. The van der Waals surface area contributed by atoms with E-state index in [2.05, 4.69) is 15.3 Å². The van der Waals surface area contributed by atoms with E-state index in [0.717, 1.165) is 23.7 Å². The van der Waals surface area contributed by atoms with E-state index < -0.39 is 0 Å². The van der Waals surface area contributed by atoms with Crippen molar-refractivity contribution in [1.29, 1.82) is 0 Å². The van der Waals surface area contributed by atoms with E-state index in [9.17, 15) is 18.8 Å². The van der Waals surface area contributed by atoms with Crippen LogP contribution in [0.1, 0.15) is 31.5 Å². The maximum Gasteiger partial charge on any atom is 0.251 e. The van der Waals surface area contributed by atoms with E-state index in [1.54, 1.807) is 19.1 Å². The van der Waals surface area contributed by atoms with Gasteiger partial charge in [0.05, 0.1) is 12.3 Å². The van der Waals surface area contributed by atoms with Crippen molar-refractivity contribution in [3.05, 3.63) is 57.8 Å². The molecule has 0 fully saturated rings. The number of thioether (sulfide) groups is 1. The molecular weight excluding hydrogens is 395 g/mol. The fourth-order valence-corrected chi connectivity index (χ4v) is 3.36. The number of carbonyl (C=O) groups excluding carboxylic acids is 2. The summed E-state index contributed by atoms with van der Waals surface area (Å²) < 4.78 is 12.9. The third-order valence-electron chi connectivity index (χ3n) is 4.08. The molecule has 1 aromatic carbocycles. The van der Waals surface area contributed by atoms with Crippen LogP contribution < -0.4 is 10.9 Å². The van der Waals surface area contributed by atoms with Crippen molar-refractivity contribution in [3.63, 3.8) is 0 Å². The highest BCUT2D eigenvalue weighted by Gasteiger charge is 2.16. The van der Waals surface area contributed by atoms with Gasteiger partial charge in [-0.2, -0.15) is 0 Å². The molecule has 1 heterocycles. The summed E-state index contributed by atoms with van der Waals surface area (Å²) in [5.41, 5.74) is 1.22. The number of H-pyrrole nitrogens is 1. The molecule has 0 unspecified atom stereocenters. The number of rotatable bonds is 10. The second-order valence-corrected chi connectivity index (χ2v) is 7.36. The molecule has 0 saturated heterocycles. The topological polar surface area (TPSA) is 95.2 Å². The minimum Gasteiger partial charge on any atom is -0.350 e. The predicted molar refractivity (Wildman–Crippen MR) is 110 cm³/mol. The van der Waals surface area contributed by atoms with Crippen molar-refractivity contribution >= 4 is 23.6 Å². The molecule has 9 heteroatoms. The molecule has 0 aliphatic carbocycles. The van der Waals surface area contributed by atoms with Crippen LogP contribution in [0.3, 0.4) is 0 Å². The molecule has 0 atom stereocenters. The summed E-state index contributed by atoms with van der Waals surface area (Å²) in [7, 11) is 0. The largest absolute Gasteiger partial charge is 0.350 e. The first kappa shape index (κ1) is 22.6. The molecule has 2 amide bonds. The highest BCUT2D eigenvalue weighted by molar-refractivity contribution is 7.99. The maximum atomic E-state index is 12.9. The Balaban J connectivity index is 1.85. The van der Waals surface area contributed by atoms with Gasteiger partial charge in [-0.3, -0.25) is 14.4 Å². The molecule has 0 spiro atoms. The van der Waals surface area contributed by atoms with Gasteiger partial charge in [0.15, 0.2) is 5.16 Å². The molecule has 1 aromatic heterocycles. The fourth-order valence-electron chi connectivity index (χ4n) is 2.57. The lowest BCUT2D eigenvalue weighted by molar-refractivity contribution is -0.133. The second-order valence-electron chi connectivity index (χ2n) is 6.39. The molecule has 0 saturated carbocycles. The Morgan fingerprint density at radius 2 is 1.97 bits per heavy atom. The number of nitrogens with one attached hydrogen (secondary N) is 2. The molecule has 0 bridgehead atoms. The number of nitrogens with zero attached hydrogens (tertiary/aromatic N) is 2. The Labute approximate surface area is 173 Å². The van der Waals surface area contributed by atoms with Gasteiger partial charge in [0.1, 0.15) is 5.82 Å². The summed E-state index contributed by atoms with van der Waals surface area (Å²) in [6, 6.07) is 7.30. The van der Waals surface area contributed by atoms with Crippen molar-refractivity contribution in [2.24, 2.45) is 0 Å². The minimum absolute atomic E-state index is 0.0671. The number of benzene rings is 1. The Morgan fingerprint density at radius 1 is 1.24 bits per heavy atom. The van der Waals surface area contributed by atoms with Gasteiger partial charge in [-0.15, -0.1) is 0 Å². The van der Waals surface area contributed by atoms with Gasteiger partial charge in [-0.1, -0.05) is 37.2 Å². The molecule has 2 aromatic rings. The number of hydrogen-bond donors (Lipinski definition) is 2. The van der Waals surface area contributed by atoms with Gasteiger partial charge < -0.3 is 15.2 Å². The fraction of sp³-hybridized carbons (Fsp3) is 0.400. The quantitative estimate of drug-likeness (QED) is 0.454. The zero-order valence-electron chi connectivity index (χ0n) is 16.5. The van der Waals surface area contributed by atoms with Crippen LogP contribution in [-0.2, 0) is 22.6 Å². The van der Waals surface area contributed by atoms with Crippen molar-refractivity contribution in [1.82, 2.24) is 20.2 Å². The van der Waals surface area contributed by atoms with Crippen molar-refractivity contribution in [3.8, 4) is 0 Å².